The summed E-state index contributed by atoms with van der Waals surface area (Å²) in [6, 6.07) is 7.03. The molecule has 0 aliphatic carbocycles. The first-order valence-corrected chi connectivity index (χ1v) is 8.67. The third-order valence-corrected chi connectivity index (χ3v) is 5.38. The molecule has 2 rings (SSSR count). The fraction of sp³-hybridized carbons (Fsp3) is 0.300. The van der Waals surface area contributed by atoms with E-state index in [4.69, 9.17) is 10.6 Å². The molecule has 1 saturated heterocycles. The average Bonchev–Trinajstić information content (AvgIpc) is 2.78. The highest BCUT2D eigenvalue weighted by Gasteiger charge is 2.35. The van der Waals surface area contributed by atoms with Crippen LogP contribution in [0.1, 0.15) is 0 Å². The van der Waals surface area contributed by atoms with Gasteiger partial charge in [0.2, 0.25) is 0 Å². The van der Waals surface area contributed by atoms with E-state index in [1.165, 1.54) is 24.3 Å². The number of amides is 1. The minimum Gasteiger partial charge on any atom is -0.441 e. The number of hydrogen-bond acceptors (Lipinski definition) is 8. The fourth-order valence-corrected chi connectivity index (χ4v) is 3.61. The molecule has 11 heteroatoms. The Bertz CT molecular complexity index is 730. The summed E-state index contributed by atoms with van der Waals surface area (Å²) >= 11 is 0. The summed E-state index contributed by atoms with van der Waals surface area (Å²) < 4.78 is 55.1. The van der Waals surface area contributed by atoms with Crippen molar-refractivity contribution in [2.24, 2.45) is 5.84 Å². The highest BCUT2D eigenvalue weighted by molar-refractivity contribution is 7.89. The van der Waals surface area contributed by atoms with Crippen LogP contribution in [0.4, 0.5) is 4.79 Å². The molecule has 0 saturated carbocycles. The maximum atomic E-state index is 12.0. The summed E-state index contributed by atoms with van der Waals surface area (Å²) in [6.45, 7) is -0.368. The minimum atomic E-state index is -4.26. The van der Waals surface area contributed by atoms with Crippen molar-refractivity contribution in [1.82, 2.24) is 4.41 Å². The van der Waals surface area contributed by atoms with Crippen molar-refractivity contribution in [3.63, 3.8) is 0 Å². The van der Waals surface area contributed by atoms with Gasteiger partial charge in [0.25, 0.3) is 20.1 Å². The molecule has 1 aliphatic heterocycles. The van der Waals surface area contributed by atoms with Gasteiger partial charge in [-0.2, -0.15) is 16.8 Å². The Kier molecular flexibility index (Phi) is 4.18. The molecule has 1 aromatic rings. The van der Waals surface area contributed by atoms with Gasteiger partial charge in [-0.25, -0.2) is 10.6 Å². The molecular weight excluding hydrogens is 324 g/mol. The monoisotopic (exact) mass is 336 g/mol. The molecule has 1 heterocycles. The van der Waals surface area contributed by atoms with E-state index in [1.807, 2.05) is 0 Å². The van der Waals surface area contributed by atoms with Gasteiger partial charge < -0.3 is 4.74 Å². The lowest BCUT2D eigenvalue weighted by Crippen LogP contribution is -2.44. The summed E-state index contributed by atoms with van der Waals surface area (Å²) in [5, 5.41) is 0. The number of hydrogen-bond donors (Lipinski definition) is 1. The molecule has 0 radical (unpaired) electrons. The Morgan fingerprint density at radius 2 is 1.95 bits per heavy atom. The van der Waals surface area contributed by atoms with E-state index in [2.05, 4.69) is 4.18 Å². The third kappa shape index (κ3) is 3.50. The van der Waals surface area contributed by atoms with Gasteiger partial charge in [0.1, 0.15) is 18.5 Å². The lowest BCUT2D eigenvalue weighted by molar-refractivity contribution is 0.0781. The number of hydrazine groups is 1. The van der Waals surface area contributed by atoms with Gasteiger partial charge in [0.05, 0.1) is 4.90 Å². The molecule has 0 bridgehead atoms. The Morgan fingerprint density at radius 3 is 2.48 bits per heavy atom. The Hall–Kier alpha value is -1.69. The smallest absolute Gasteiger partial charge is 0.439 e. The van der Waals surface area contributed by atoms with Crippen LogP contribution in [0.15, 0.2) is 35.2 Å². The molecule has 2 N–H and O–H groups in total. The summed E-state index contributed by atoms with van der Waals surface area (Å²) in [7, 11) is -8.00. The van der Waals surface area contributed by atoms with Crippen LogP contribution in [0.5, 0.6) is 0 Å². The van der Waals surface area contributed by atoms with E-state index >= 15 is 0 Å². The summed E-state index contributed by atoms with van der Waals surface area (Å²) in [5.74, 6) is 4.71. The van der Waals surface area contributed by atoms with Gasteiger partial charge in [0, 0.05) is 0 Å². The fourth-order valence-electron chi connectivity index (χ4n) is 1.57. The van der Waals surface area contributed by atoms with Crippen LogP contribution >= 0.6 is 0 Å². The van der Waals surface area contributed by atoms with Gasteiger partial charge in [-0.1, -0.05) is 18.2 Å². The number of sulfonamides is 1. The van der Waals surface area contributed by atoms with Crippen LogP contribution < -0.4 is 5.84 Å². The van der Waals surface area contributed by atoms with Crippen molar-refractivity contribution < 1.29 is 30.6 Å². The Balaban J connectivity index is 2.10. The highest BCUT2D eigenvalue weighted by atomic mass is 32.2. The number of ether oxygens (including phenoxy) is 1. The SMILES string of the molecule is NN(C(=O)OC1COS(=O)(=O)C1)S(=O)(=O)c1ccccc1. The Morgan fingerprint density at radius 1 is 1.33 bits per heavy atom. The number of nitrogens with zero attached hydrogens (tertiary/aromatic N) is 1. The third-order valence-electron chi connectivity index (χ3n) is 2.57. The lowest BCUT2D eigenvalue weighted by atomic mass is 10.4. The van der Waals surface area contributed by atoms with Crippen LogP contribution in [-0.4, -0.2) is 45.8 Å². The standard InChI is InChI=1S/C10H12N2O7S2/c11-12(21(16,17)9-4-2-1-3-5-9)10(13)19-8-6-18-20(14,15)7-8/h1-5,8H,6-7,11H2. The molecule has 1 atom stereocenters. The van der Waals surface area contributed by atoms with Crippen LogP contribution in [0.25, 0.3) is 0 Å². The molecule has 1 amide bonds. The summed E-state index contributed by atoms with van der Waals surface area (Å²) in [4.78, 5) is 11.5. The molecular formula is C10H12N2O7S2. The maximum absolute atomic E-state index is 12.0. The number of rotatable bonds is 3. The van der Waals surface area contributed by atoms with Gasteiger partial charge in [-0.05, 0) is 12.1 Å². The second-order valence-electron chi connectivity index (χ2n) is 4.13. The molecule has 9 nitrogen and oxygen atoms in total. The summed E-state index contributed by atoms with van der Waals surface area (Å²) in [6.07, 6.45) is -2.48. The molecule has 21 heavy (non-hydrogen) atoms. The molecule has 1 fully saturated rings. The Labute approximate surface area is 121 Å². The predicted molar refractivity (Wildman–Crippen MR) is 69.7 cm³/mol. The first-order chi connectivity index (χ1) is 9.72. The zero-order valence-electron chi connectivity index (χ0n) is 10.6. The molecule has 0 spiro atoms. The van der Waals surface area contributed by atoms with E-state index in [9.17, 15) is 21.6 Å². The van der Waals surface area contributed by atoms with Gasteiger partial charge in [0.15, 0.2) is 0 Å². The second kappa shape index (κ2) is 5.60. The van der Waals surface area contributed by atoms with E-state index in [1.54, 1.807) is 6.07 Å². The normalized spacial score (nSPS) is 20.9. The largest absolute Gasteiger partial charge is 0.441 e. The topological polar surface area (TPSA) is 133 Å². The minimum absolute atomic E-state index is 0.0761. The zero-order valence-corrected chi connectivity index (χ0v) is 12.2. The molecule has 0 aromatic heterocycles. The maximum Gasteiger partial charge on any atom is 0.439 e. The van der Waals surface area contributed by atoms with Crippen LogP contribution in [0.2, 0.25) is 0 Å². The van der Waals surface area contributed by atoms with E-state index in [0.29, 0.717) is 0 Å². The number of nitrogens with two attached hydrogens (primary N) is 1. The van der Waals surface area contributed by atoms with E-state index in [-0.39, 0.29) is 15.9 Å². The zero-order chi connectivity index (χ0) is 15.7. The van der Waals surface area contributed by atoms with Gasteiger partial charge in [-0.15, -0.1) is 4.41 Å². The first-order valence-electron chi connectivity index (χ1n) is 5.65. The van der Waals surface area contributed by atoms with Crippen molar-refractivity contribution >= 4 is 26.2 Å². The van der Waals surface area contributed by atoms with Crippen molar-refractivity contribution in [1.29, 1.82) is 0 Å². The number of carbonyl (C=O) groups is 1. The highest BCUT2D eigenvalue weighted by Crippen LogP contribution is 2.16. The van der Waals surface area contributed by atoms with E-state index < -0.39 is 38.1 Å². The van der Waals surface area contributed by atoms with Crippen molar-refractivity contribution in [2.45, 2.75) is 11.0 Å². The van der Waals surface area contributed by atoms with Crippen LogP contribution in [-0.2, 0) is 29.1 Å². The predicted octanol–water partition coefficient (Wildman–Crippen LogP) is -0.584. The van der Waals surface area contributed by atoms with Crippen LogP contribution in [0, 0.1) is 0 Å². The van der Waals surface area contributed by atoms with E-state index in [0.717, 1.165) is 0 Å². The summed E-state index contributed by atoms with van der Waals surface area (Å²) in [5.41, 5.74) is 0. The number of carbonyl (C=O) groups excluding carboxylic acids is 1. The average molecular weight is 336 g/mol. The first kappa shape index (κ1) is 15.7. The van der Waals surface area contributed by atoms with Crippen molar-refractivity contribution in [2.75, 3.05) is 12.4 Å². The lowest BCUT2D eigenvalue weighted by Gasteiger charge is -2.18. The van der Waals surface area contributed by atoms with Gasteiger partial charge >= 0.3 is 6.09 Å². The quantitative estimate of drug-likeness (QED) is 0.335. The van der Waals surface area contributed by atoms with Crippen molar-refractivity contribution in [3.05, 3.63) is 30.3 Å². The van der Waals surface area contributed by atoms with Gasteiger partial charge in [-0.3, -0.25) is 4.18 Å². The molecule has 1 aromatic carbocycles. The molecule has 1 aliphatic rings. The number of benzene rings is 1. The molecule has 1 unspecified atom stereocenters. The second-order valence-corrected chi connectivity index (χ2v) is 7.63. The van der Waals surface area contributed by atoms with Crippen LogP contribution in [0.3, 0.4) is 0 Å². The van der Waals surface area contributed by atoms with Crippen molar-refractivity contribution in [3.8, 4) is 0 Å². The molecule has 116 valence electrons.